The summed E-state index contributed by atoms with van der Waals surface area (Å²) in [5.74, 6) is 0.639. The van der Waals surface area contributed by atoms with E-state index in [1.807, 2.05) is 0 Å². The lowest BCUT2D eigenvalue weighted by Gasteiger charge is -2.17. The molecule has 2 N–H and O–H groups in total. The molecule has 0 spiro atoms. The number of aliphatic hydroxyl groups is 1. The van der Waals surface area contributed by atoms with E-state index in [0.717, 1.165) is 12.8 Å². The van der Waals surface area contributed by atoms with E-state index in [9.17, 15) is 9.90 Å². The van der Waals surface area contributed by atoms with Gasteiger partial charge >= 0.3 is 0 Å². The van der Waals surface area contributed by atoms with E-state index < -0.39 is 6.10 Å². The van der Waals surface area contributed by atoms with E-state index in [-0.39, 0.29) is 18.1 Å². The molecule has 17 heavy (non-hydrogen) atoms. The smallest absolute Gasteiger partial charge is 0.273 e. The third kappa shape index (κ3) is 3.06. The van der Waals surface area contributed by atoms with Crippen molar-refractivity contribution in [2.45, 2.75) is 38.7 Å². The highest BCUT2D eigenvalue weighted by Crippen LogP contribution is 2.27. The van der Waals surface area contributed by atoms with Crippen LogP contribution in [0.4, 0.5) is 0 Å². The first-order chi connectivity index (χ1) is 8.16. The molecule has 1 aliphatic carbocycles. The van der Waals surface area contributed by atoms with Gasteiger partial charge in [0.15, 0.2) is 5.69 Å². The fraction of sp³-hybridized carbons (Fsp3) is 0.667. The first-order valence-electron chi connectivity index (χ1n) is 6.06. The third-order valence-corrected chi connectivity index (χ3v) is 3.28. The van der Waals surface area contributed by atoms with Gasteiger partial charge in [0, 0.05) is 12.6 Å². The minimum Gasteiger partial charge on any atom is -0.391 e. The Morgan fingerprint density at radius 2 is 2.35 bits per heavy atom. The second-order valence-corrected chi connectivity index (χ2v) is 4.64. The molecule has 2 rings (SSSR count). The molecule has 0 bridgehead atoms. The SMILES string of the molecule is Cc1cc(C(=O)NCC(O)C2CCCC2)no1. The summed E-state index contributed by atoms with van der Waals surface area (Å²) in [6.45, 7) is 2.02. The molecule has 1 saturated carbocycles. The molecule has 1 aromatic rings. The zero-order valence-corrected chi connectivity index (χ0v) is 9.98. The Hall–Kier alpha value is -1.36. The van der Waals surface area contributed by atoms with Crippen molar-refractivity contribution in [1.29, 1.82) is 0 Å². The topological polar surface area (TPSA) is 75.4 Å². The highest BCUT2D eigenvalue weighted by molar-refractivity contribution is 5.92. The molecule has 0 aromatic carbocycles. The average Bonchev–Trinajstić information content (AvgIpc) is 2.95. The van der Waals surface area contributed by atoms with Gasteiger partial charge in [-0.15, -0.1) is 0 Å². The fourth-order valence-electron chi connectivity index (χ4n) is 2.27. The molecule has 0 saturated heterocycles. The molecule has 0 radical (unpaired) electrons. The molecule has 1 fully saturated rings. The van der Waals surface area contributed by atoms with E-state index in [2.05, 4.69) is 10.5 Å². The Kier molecular flexibility index (Phi) is 3.78. The molecular weight excluding hydrogens is 220 g/mol. The van der Waals surface area contributed by atoms with Crippen LogP contribution in [0.5, 0.6) is 0 Å². The minimum absolute atomic E-state index is 0.265. The Bertz CT molecular complexity index is 383. The molecule has 1 aliphatic rings. The van der Waals surface area contributed by atoms with Gasteiger partial charge in [-0.1, -0.05) is 18.0 Å². The monoisotopic (exact) mass is 238 g/mol. The van der Waals surface area contributed by atoms with Gasteiger partial charge in [-0.2, -0.15) is 0 Å². The Labute approximate surface area is 100 Å². The quantitative estimate of drug-likeness (QED) is 0.828. The van der Waals surface area contributed by atoms with Gasteiger partial charge in [0.05, 0.1) is 6.10 Å². The van der Waals surface area contributed by atoms with Crippen molar-refractivity contribution in [2.24, 2.45) is 5.92 Å². The van der Waals surface area contributed by atoms with Crippen molar-refractivity contribution < 1.29 is 14.4 Å². The van der Waals surface area contributed by atoms with E-state index >= 15 is 0 Å². The van der Waals surface area contributed by atoms with Crippen molar-refractivity contribution in [1.82, 2.24) is 10.5 Å². The lowest BCUT2D eigenvalue weighted by Crippen LogP contribution is -2.35. The molecular formula is C12H18N2O3. The lowest BCUT2D eigenvalue weighted by atomic mass is 10.0. The average molecular weight is 238 g/mol. The summed E-state index contributed by atoms with van der Waals surface area (Å²) in [6, 6.07) is 1.58. The summed E-state index contributed by atoms with van der Waals surface area (Å²) in [4.78, 5) is 11.6. The van der Waals surface area contributed by atoms with Crippen molar-refractivity contribution in [3.05, 3.63) is 17.5 Å². The van der Waals surface area contributed by atoms with E-state index in [4.69, 9.17) is 4.52 Å². The van der Waals surface area contributed by atoms with Crippen molar-refractivity contribution in [2.75, 3.05) is 6.54 Å². The first kappa shape index (κ1) is 12.1. The van der Waals surface area contributed by atoms with Crippen LogP contribution >= 0.6 is 0 Å². The number of nitrogens with zero attached hydrogens (tertiary/aromatic N) is 1. The van der Waals surface area contributed by atoms with E-state index in [1.54, 1.807) is 13.0 Å². The summed E-state index contributed by atoms with van der Waals surface area (Å²) in [5.41, 5.74) is 0.265. The molecule has 94 valence electrons. The Morgan fingerprint density at radius 3 is 2.94 bits per heavy atom. The number of aliphatic hydroxyl groups excluding tert-OH is 1. The summed E-state index contributed by atoms with van der Waals surface area (Å²) >= 11 is 0. The largest absolute Gasteiger partial charge is 0.391 e. The zero-order chi connectivity index (χ0) is 12.3. The summed E-state index contributed by atoms with van der Waals surface area (Å²) in [7, 11) is 0. The van der Waals surface area contributed by atoms with Crippen molar-refractivity contribution in [3.8, 4) is 0 Å². The fourth-order valence-corrected chi connectivity index (χ4v) is 2.27. The van der Waals surface area contributed by atoms with Crippen LogP contribution in [0, 0.1) is 12.8 Å². The lowest BCUT2D eigenvalue weighted by molar-refractivity contribution is 0.0833. The van der Waals surface area contributed by atoms with Gasteiger partial charge in [0.2, 0.25) is 0 Å². The normalized spacial score (nSPS) is 18.2. The third-order valence-electron chi connectivity index (χ3n) is 3.28. The maximum Gasteiger partial charge on any atom is 0.273 e. The number of aromatic nitrogens is 1. The minimum atomic E-state index is -0.450. The maximum atomic E-state index is 11.6. The van der Waals surface area contributed by atoms with Crippen molar-refractivity contribution >= 4 is 5.91 Å². The van der Waals surface area contributed by atoms with Crippen LogP contribution in [0.2, 0.25) is 0 Å². The first-order valence-corrected chi connectivity index (χ1v) is 6.06. The van der Waals surface area contributed by atoms with Crippen LogP contribution in [0.1, 0.15) is 41.9 Å². The number of hydrogen-bond acceptors (Lipinski definition) is 4. The van der Waals surface area contributed by atoms with Gasteiger partial charge in [-0.25, -0.2) is 0 Å². The number of carbonyl (C=O) groups excluding carboxylic acids is 1. The van der Waals surface area contributed by atoms with Gasteiger partial charge in [0.1, 0.15) is 5.76 Å². The van der Waals surface area contributed by atoms with Crippen LogP contribution in [-0.4, -0.2) is 28.8 Å². The van der Waals surface area contributed by atoms with Crippen LogP contribution in [0.15, 0.2) is 10.6 Å². The molecule has 1 atom stereocenters. The van der Waals surface area contributed by atoms with E-state index in [1.165, 1.54) is 12.8 Å². The molecule has 1 amide bonds. The van der Waals surface area contributed by atoms with Crippen LogP contribution in [-0.2, 0) is 0 Å². The highest BCUT2D eigenvalue weighted by atomic mass is 16.5. The Balaban J connectivity index is 1.79. The number of nitrogens with one attached hydrogen (secondary N) is 1. The number of rotatable bonds is 4. The molecule has 0 aliphatic heterocycles. The predicted octanol–water partition coefficient (Wildman–Crippen LogP) is 1.26. The number of amides is 1. The number of hydrogen-bond donors (Lipinski definition) is 2. The second-order valence-electron chi connectivity index (χ2n) is 4.64. The van der Waals surface area contributed by atoms with Gasteiger partial charge < -0.3 is 14.9 Å². The standard InChI is InChI=1S/C12H18N2O3/c1-8-6-10(14-17-8)12(16)13-7-11(15)9-4-2-3-5-9/h6,9,11,15H,2-5,7H2,1H3,(H,13,16). The Morgan fingerprint density at radius 1 is 1.65 bits per heavy atom. The van der Waals surface area contributed by atoms with Gasteiger partial charge in [0.25, 0.3) is 5.91 Å². The zero-order valence-electron chi connectivity index (χ0n) is 9.98. The number of aryl methyl sites for hydroxylation is 1. The number of carbonyl (C=O) groups is 1. The molecule has 5 nitrogen and oxygen atoms in total. The molecule has 1 aromatic heterocycles. The molecule has 5 heteroatoms. The van der Waals surface area contributed by atoms with Crippen molar-refractivity contribution in [3.63, 3.8) is 0 Å². The molecule has 1 heterocycles. The second kappa shape index (κ2) is 5.31. The predicted molar refractivity (Wildman–Crippen MR) is 61.5 cm³/mol. The van der Waals surface area contributed by atoms with Crippen LogP contribution < -0.4 is 5.32 Å². The summed E-state index contributed by atoms with van der Waals surface area (Å²) in [6.07, 6.45) is 4.02. The maximum absolute atomic E-state index is 11.6. The van der Waals surface area contributed by atoms with E-state index in [0.29, 0.717) is 11.7 Å². The van der Waals surface area contributed by atoms with Gasteiger partial charge in [-0.3, -0.25) is 4.79 Å². The summed E-state index contributed by atoms with van der Waals surface area (Å²) < 4.78 is 4.82. The summed E-state index contributed by atoms with van der Waals surface area (Å²) in [5, 5.41) is 16.2. The van der Waals surface area contributed by atoms with Crippen LogP contribution in [0.25, 0.3) is 0 Å². The van der Waals surface area contributed by atoms with Crippen LogP contribution in [0.3, 0.4) is 0 Å². The van der Waals surface area contributed by atoms with Gasteiger partial charge in [-0.05, 0) is 25.7 Å². The highest BCUT2D eigenvalue weighted by Gasteiger charge is 2.23. The molecule has 1 unspecified atom stereocenters.